The van der Waals surface area contributed by atoms with E-state index in [1.807, 2.05) is 12.1 Å². The van der Waals surface area contributed by atoms with E-state index in [1.165, 1.54) is 4.90 Å². The van der Waals surface area contributed by atoms with Gasteiger partial charge in [-0.05, 0) is 17.7 Å². The van der Waals surface area contributed by atoms with E-state index in [2.05, 4.69) is 0 Å². The molecule has 126 valence electrons. The third-order valence-corrected chi connectivity index (χ3v) is 4.14. The zero-order chi connectivity index (χ0) is 17.3. The number of hydrogen-bond donors (Lipinski definition) is 1. The Kier molecular flexibility index (Phi) is 4.31. The maximum atomic E-state index is 12.2. The van der Waals surface area contributed by atoms with Crippen molar-refractivity contribution in [1.29, 1.82) is 0 Å². The van der Waals surface area contributed by atoms with Gasteiger partial charge >= 0.3 is 0 Å². The number of β-lactam (4-membered cyclic amide) rings is 1. The fraction of sp³-hybridized carbons (Fsp3) is 0.278. The van der Waals surface area contributed by atoms with Gasteiger partial charge in [0.05, 0.1) is 33.1 Å². The standard InChI is InChI=1S/C18H19NO5/c1-22-13-6-4-11(5-7-13)16-17(20)18(21)19(16)12-8-14(23-2)10-15(9-12)24-3/h4-10,16-17,20H,1-3H3/t16-,17?/m1/s1. The van der Waals surface area contributed by atoms with Gasteiger partial charge in [0.2, 0.25) is 0 Å². The van der Waals surface area contributed by atoms with Crippen molar-refractivity contribution in [3.8, 4) is 17.2 Å². The van der Waals surface area contributed by atoms with Crippen LogP contribution >= 0.6 is 0 Å². The first-order valence-electron chi connectivity index (χ1n) is 7.47. The first kappa shape index (κ1) is 16.1. The van der Waals surface area contributed by atoms with Crippen molar-refractivity contribution in [2.24, 2.45) is 0 Å². The van der Waals surface area contributed by atoms with E-state index >= 15 is 0 Å². The van der Waals surface area contributed by atoms with Crippen molar-refractivity contribution in [3.05, 3.63) is 48.0 Å². The number of nitrogens with zero attached hydrogens (tertiary/aromatic N) is 1. The van der Waals surface area contributed by atoms with Gasteiger partial charge in [0, 0.05) is 18.2 Å². The van der Waals surface area contributed by atoms with Gasteiger partial charge in [-0.2, -0.15) is 0 Å². The number of carbonyl (C=O) groups excluding carboxylic acids is 1. The topological polar surface area (TPSA) is 68.2 Å². The minimum atomic E-state index is -1.07. The van der Waals surface area contributed by atoms with Crippen LogP contribution in [0.1, 0.15) is 11.6 Å². The molecule has 6 nitrogen and oxygen atoms in total. The Hall–Kier alpha value is -2.73. The maximum absolute atomic E-state index is 12.2. The second-order valence-electron chi connectivity index (χ2n) is 5.44. The highest BCUT2D eigenvalue weighted by Crippen LogP contribution is 2.42. The van der Waals surface area contributed by atoms with E-state index in [4.69, 9.17) is 14.2 Å². The van der Waals surface area contributed by atoms with Crippen molar-refractivity contribution in [3.63, 3.8) is 0 Å². The number of methoxy groups -OCH3 is 3. The molecule has 24 heavy (non-hydrogen) atoms. The van der Waals surface area contributed by atoms with Gasteiger partial charge in [-0.25, -0.2) is 0 Å². The third kappa shape index (κ3) is 2.65. The summed E-state index contributed by atoms with van der Waals surface area (Å²) in [6.45, 7) is 0. The number of ether oxygens (including phenoxy) is 3. The molecule has 1 fully saturated rings. The molecule has 0 spiro atoms. The minimum absolute atomic E-state index is 0.355. The molecule has 0 aromatic heterocycles. The lowest BCUT2D eigenvalue weighted by Crippen LogP contribution is -2.59. The van der Waals surface area contributed by atoms with Crippen LogP contribution in [0.15, 0.2) is 42.5 Å². The number of benzene rings is 2. The highest BCUT2D eigenvalue weighted by atomic mass is 16.5. The summed E-state index contributed by atoms with van der Waals surface area (Å²) in [5.41, 5.74) is 1.44. The molecular weight excluding hydrogens is 310 g/mol. The molecular formula is C18H19NO5. The van der Waals surface area contributed by atoms with E-state index in [-0.39, 0.29) is 5.91 Å². The van der Waals surface area contributed by atoms with Gasteiger partial charge in [-0.3, -0.25) is 9.69 Å². The van der Waals surface area contributed by atoms with Crippen molar-refractivity contribution in [2.45, 2.75) is 12.1 Å². The number of hydrogen-bond acceptors (Lipinski definition) is 5. The van der Waals surface area contributed by atoms with E-state index in [0.717, 1.165) is 5.56 Å². The van der Waals surface area contributed by atoms with Gasteiger partial charge in [0.25, 0.3) is 5.91 Å². The van der Waals surface area contributed by atoms with Gasteiger partial charge in [0.15, 0.2) is 6.10 Å². The van der Waals surface area contributed by atoms with Crippen LogP contribution in [0.3, 0.4) is 0 Å². The lowest BCUT2D eigenvalue weighted by Gasteiger charge is -2.44. The molecule has 1 aliphatic rings. The fourth-order valence-corrected chi connectivity index (χ4v) is 2.83. The van der Waals surface area contributed by atoms with Gasteiger partial charge in [-0.1, -0.05) is 12.1 Å². The van der Waals surface area contributed by atoms with Crippen LogP contribution in [0.2, 0.25) is 0 Å². The zero-order valence-corrected chi connectivity index (χ0v) is 13.7. The Balaban J connectivity index is 1.97. The predicted molar refractivity (Wildman–Crippen MR) is 88.8 cm³/mol. The highest BCUT2D eigenvalue weighted by Gasteiger charge is 2.48. The SMILES string of the molecule is COc1ccc([C@@H]2C(O)C(=O)N2c2cc(OC)cc(OC)c2)cc1. The number of rotatable bonds is 5. The average molecular weight is 329 g/mol. The number of carbonyl (C=O) groups is 1. The molecule has 1 N–H and O–H groups in total. The van der Waals surface area contributed by atoms with Gasteiger partial charge in [0.1, 0.15) is 17.2 Å². The van der Waals surface area contributed by atoms with Crippen LogP contribution in [-0.4, -0.2) is 38.4 Å². The molecule has 1 heterocycles. The average Bonchev–Trinajstić information content (AvgIpc) is 2.64. The molecule has 0 aliphatic carbocycles. The second kappa shape index (κ2) is 6.41. The molecule has 1 aliphatic heterocycles. The molecule has 1 saturated heterocycles. The Labute approximate surface area is 140 Å². The summed E-state index contributed by atoms with van der Waals surface area (Å²) in [6.07, 6.45) is -1.07. The first-order valence-corrected chi connectivity index (χ1v) is 7.47. The summed E-state index contributed by atoms with van der Waals surface area (Å²) in [5, 5.41) is 10.2. The number of aliphatic hydroxyl groups is 1. The summed E-state index contributed by atoms with van der Waals surface area (Å²) >= 11 is 0. The lowest BCUT2D eigenvalue weighted by atomic mass is 9.90. The Morgan fingerprint density at radius 2 is 1.42 bits per heavy atom. The van der Waals surface area contributed by atoms with Crippen molar-refractivity contribution >= 4 is 11.6 Å². The molecule has 0 saturated carbocycles. The number of amides is 1. The zero-order valence-electron chi connectivity index (χ0n) is 13.7. The molecule has 3 rings (SSSR count). The van der Waals surface area contributed by atoms with Crippen LogP contribution < -0.4 is 19.1 Å². The normalized spacial score (nSPS) is 19.7. The maximum Gasteiger partial charge on any atom is 0.259 e. The van der Waals surface area contributed by atoms with Gasteiger partial charge < -0.3 is 19.3 Å². The molecule has 1 amide bonds. The van der Waals surface area contributed by atoms with E-state index in [1.54, 1.807) is 51.7 Å². The Morgan fingerprint density at radius 1 is 0.875 bits per heavy atom. The summed E-state index contributed by atoms with van der Waals surface area (Å²) in [7, 11) is 4.68. The Bertz CT molecular complexity index is 721. The van der Waals surface area contributed by atoms with Crippen LogP contribution in [0.5, 0.6) is 17.2 Å². The molecule has 0 radical (unpaired) electrons. The quantitative estimate of drug-likeness (QED) is 0.852. The van der Waals surface area contributed by atoms with Crippen molar-refractivity contribution in [2.75, 3.05) is 26.2 Å². The second-order valence-corrected chi connectivity index (χ2v) is 5.44. The molecule has 1 unspecified atom stereocenters. The van der Waals surface area contributed by atoms with Crippen molar-refractivity contribution < 1.29 is 24.1 Å². The predicted octanol–water partition coefficient (Wildman–Crippen LogP) is 2.16. The number of aliphatic hydroxyl groups excluding tert-OH is 1. The highest BCUT2D eigenvalue weighted by molar-refractivity contribution is 6.05. The van der Waals surface area contributed by atoms with E-state index < -0.39 is 12.1 Å². The first-order chi connectivity index (χ1) is 11.6. The molecule has 2 aromatic rings. The fourth-order valence-electron chi connectivity index (χ4n) is 2.83. The minimum Gasteiger partial charge on any atom is -0.497 e. The summed E-state index contributed by atoms with van der Waals surface area (Å²) in [6, 6.07) is 12.0. The smallest absolute Gasteiger partial charge is 0.259 e. The molecule has 2 aromatic carbocycles. The van der Waals surface area contributed by atoms with Gasteiger partial charge in [-0.15, -0.1) is 0 Å². The van der Waals surface area contributed by atoms with E-state index in [9.17, 15) is 9.90 Å². The largest absolute Gasteiger partial charge is 0.497 e. The molecule has 0 bridgehead atoms. The van der Waals surface area contributed by atoms with Crippen LogP contribution in [0, 0.1) is 0 Å². The van der Waals surface area contributed by atoms with E-state index in [0.29, 0.717) is 22.9 Å². The summed E-state index contributed by atoms with van der Waals surface area (Å²) in [5.74, 6) is 1.51. The van der Waals surface area contributed by atoms with Crippen LogP contribution in [-0.2, 0) is 4.79 Å². The summed E-state index contributed by atoms with van der Waals surface area (Å²) < 4.78 is 15.6. The molecule has 6 heteroatoms. The molecule has 2 atom stereocenters. The summed E-state index contributed by atoms with van der Waals surface area (Å²) in [4.78, 5) is 13.8. The lowest BCUT2D eigenvalue weighted by molar-refractivity contribution is -0.137. The monoisotopic (exact) mass is 329 g/mol. The number of anilines is 1. The van der Waals surface area contributed by atoms with Crippen molar-refractivity contribution in [1.82, 2.24) is 0 Å². The Morgan fingerprint density at radius 3 is 1.92 bits per heavy atom. The third-order valence-electron chi connectivity index (χ3n) is 4.14. The van der Waals surface area contributed by atoms with Crippen LogP contribution in [0.4, 0.5) is 5.69 Å². The van der Waals surface area contributed by atoms with Crippen LogP contribution in [0.25, 0.3) is 0 Å².